The molecule has 2 aliphatic rings. The Morgan fingerprint density at radius 2 is 2.08 bits per heavy atom. The highest BCUT2D eigenvalue weighted by molar-refractivity contribution is 8.14. The van der Waals surface area contributed by atoms with Crippen LogP contribution in [0, 0.1) is 0 Å². The summed E-state index contributed by atoms with van der Waals surface area (Å²) in [6.45, 7) is 3.89. The molecule has 1 aromatic rings. The predicted octanol–water partition coefficient (Wildman–Crippen LogP) is 3.07. The quantitative estimate of drug-likeness (QED) is 0.791. The number of nitrogens with zero attached hydrogens (tertiary/aromatic N) is 2. The first-order valence-corrected chi connectivity index (χ1v) is 8.96. The van der Waals surface area contributed by atoms with Crippen LogP contribution in [0.3, 0.4) is 0 Å². The van der Waals surface area contributed by atoms with Gasteiger partial charge in [-0.2, -0.15) is 0 Å². The Labute approximate surface area is 145 Å². The second-order valence-electron chi connectivity index (χ2n) is 5.74. The third kappa shape index (κ3) is 2.86. The number of esters is 1. The Morgan fingerprint density at radius 1 is 1.38 bits per heavy atom. The molecule has 0 radical (unpaired) electrons. The first kappa shape index (κ1) is 16.8. The van der Waals surface area contributed by atoms with Crippen molar-refractivity contribution in [1.29, 1.82) is 0 Å². The van der Waals surface area contributed by atoms with E-state index in [0.29, 0.717) is 22.9 Å². The number of rotatable bonds is 3. The van der Waals surface area contributed by atoms with E-state index >= 15 is 0 Å². The lowest BCUT2D eigenvalue weighted by Gasteiger charge is -2.38. The molecule has 1 aromatic carbocycles. The Balaban J connectivity index is 2.13. The summed E-state index contributed by atoms with van der Waals surface area (Å²) in [5.74, 6) is 0.269. The second kappa shape index (κ2) is 6.81. The number of amidine groups is 1. The van der Waals surface area contributed by atoms with Crippen LogP contribution in [0.25, 0.3) is 0 Å². The topological polar surface area (TPSA) is 59.0 Å². The van der Waals surface area contributed by atoms with E-state index < -0.39 is 12.0 Å². The normalized spacial score (nSPS) is 20.6. The highest BCUT2D eigenvalue weighted by Gasteiger charge is 2.41. The first-order chi connectivity index (χ1) is 11.6. The summed E-state index contributed by atoms with van der Waals surface area (Å²) in [5, 5.41) is 0.668. The van der Waals surface area contributed by atoms with Crippen LogP contribution in [0.5, 0.6) is 0 Å². The Hall–Kier alpha value is -2.08. The molecule has 3 rings (SSSR count). The molecule has 0 spiro atoms. The van der Waals surface area contributed by atoms with E-state index in [1.54, 1.807) is 23.6 Å². The van der Waals surface area contributed by atoms with E-state index in [0.717, 1.165) is 17.7 Å². The molecule has 0 aromatic heterocycles. The highest BCUT2D eigenvalue weighted by Crippen LogP contribution is 2.40. The van der Waals surface area contributed by atoms with Crippen molar-refractivity contribution in [3.05, 3.63) is 46.7 Å². The Kier molecular flexibility index (Phi) is 4.76. The van der Waals surface area contributed by atoms with Crippen molar-refractivity contribution in [2.45, 2.75) is 32.7 Å². The van der Waals surface area contributed by atoms with Crippen LogP contribution in [0.15, 0.2) is 40.5 Å². The largest absolute Gasteiger partial charge is 0.466 e. The van der Waals surface area contributed by atoms with Crippen LogP contribution in [-0.2, 0) is 20.7 Å². The highest BCUT2D eigenvalue weighted by atomic mass is 32.2. The van der Waals surface area contributed by atoms with Gasteiger partial charge in [0.05, 0.1) is 24.4 Å². The number of methoxy groups -OCH3 is 1. The van der Waals surface area contributed by atoms with Gasteiger partial charge in [0.25, 0.3) is 0 Å². The summed E-state index contributed by atoms with van der Waals surface area (Å²) >= 11 is 1.55. The molecular weight excluding hydrogens is 324 g/mol. The summed E-state index contributed by atoms with van der Waals surface area (Å²) in [6.07, 6.45) is 1.38. The zero-order valence-electron chi connectivity index (χ0n) is 14.0. The maximum absolute atomic E-state index is 12.6. The molecule has 0 saturated carbocycles. The molecule has 1 fully saturated rings. The molecule has 0 aliphatic carbocycles. The van der Waals surface area contributed by atoms with Gasteiger partial charge in [-0.05, 0) is 24.5 Å². The van der Waals surface area contributed by atoms with Crippen LogP contribution in [0.2, 0.25) is 0 Å². The molecule has 2 aliphatic heterocycles. The van der Waals surface area contributed by atoms with Gasteiger partial charge < -0.3 is 4.74 Å². The standard InChI is InChI=1S/C18H20N2O3S/c1-4-12-5-7-13(8-6-12)16-15(17(22)23-3)11(2)19-18-20(16)14(21)9-10-24-18/h5-8,16H,4,9-10H2,1-3H3. The molecule has 0 N–H and O–H groups in total. The fraction of sp³-hybridized carbons (Fsp3) is 0.389. The molecule has 0 bridgehead atoms. The lowest BCUT2D eigenvalue weighted by molar-refractivity contribution is -0.137. The van der Waals surface area contributed by atoms with Gasteiger partial charge >= 0.3 is 5.97 Å². The van der Waals surface area contributed by atoms with Crippen LogP contribution in [-0.4, -0.2) is 34.8 Å². The van der Waals surface area contributed by atoms with E-state index in [-0.39, 0.29) is 5.91 Å². The average Bonchev–Trinajstić information content (AvgIpc) is 2.60. The van der Waals surface area contributed by atoms with Crippen LogP contribution < -0.4 is 0 Å². The van der Waals surface area contributed by atoms with Crippen LogP contribution in [0.4, 0.5) is 0 Å². The van der Waals surface area contributed by atoms with Crippen LogP contribution in [0.1, 0.15) is 37.4 Å². The maximum Gasteiger partial charge on any atom is 0.338 e. The number of carbonyl (C=O) groups excluding carboxylic acids is 2. The number of amides is 1. The monoisotopic (exact) mass is 344 g/mol. The zero-order chi connectivity index (χ0) is 17.3. The summed E-state index contributed by atoms with van der Waals surface area (Å²) in [4.78, 5) is 31.1. The Morgan fingerprint density at radius 3 is 2.71 bits per heavy atom. The van der Waals surface area contributed by atoms with E-state index in [9.17, 15) is 9.59 Å². The van der Waals surface area contributed by atoms with Crippen LogP contribution >= 0.6 is 11.8 Å². The van der Waals surface area contributed by atoms with Crippen molar-refractivity contribution < 1.29 is 14.3 Å². The molecule has 5 nitrogen and oxygen atoms in total. The van der Waals surface area contributed by atoms with E-state index in [4.69, 9.17) is 4.74 Å². The number of benzene rings is 1. The number of thioether (sulfide) groups is 1. The maximum atomic E-state index is 12.6. The molecule has 1 saturated heterocycles. The van der Waals surface area contributed by atoms with Crippen molar-refractivity contribution in [2.24, 2.45) is 4.99 Å². The van der Waals surface area contributed by atoms with Gasteiger partial charge in [-0.15, -0.1) is 0 Å². The Bertz CT molecular complexity index is 737. The van der Waals surface area contributed by atoms with Gasteiger partial charge in [-0.3, -0.25) is 9.69 Å². The van der Waals surface area contributed by atoms with Crippen molar-refractivity contribution in [2.75, 3.05) is 12.9 Å². The minimum absolute atomic E-state index is 0.00836. The SMILES string of the molecule is CCc1ccc(C2C(C(=O)OC)=C(C)N=C3SCCC(=O)N32)cc1. The van der Waals surface area contributed by atoms with Gasteiger partial charge in [-0.25, -0.2) is 9.79 Å². The van der Waals surface area contributed by atoms with E-state index in [2.05, 4.69) is 11.9 Å². The molecule has 126 valence electrons. The number of aliphatic imine (C=N–C) groups is 1. The van der Waals surface area contributed by atoms with Crippen molar-refractivity contribution >= 4 is 28.8 Å². The molecule has 1 unspecified atom stereocenters. The van der Waals surface area contributed by atoms with Crippen molar-refractivity contribution in [3.63, 3.8) is 0 Å². The van der Waals surface area contributed by atoms with Crippen molar-refractivity contribution in [3.8, 4) is 0 Å². The molecular formula is C18H20N2O3S. The van der Waals surface area contributed by atoms with Gasteiger partial charge in [0.15, 0.2) is 5.17 Å². The summed E-state index contributed by atoms with van der Waals surface area (Å²) in [7, 11) is 1.35. The van der Waals surface area contributed by atoms with Crippen molar-refractivity contribution in [1.82, 2.24) is 4.90 Å². The second-order valence-corrected chi connectivity index (χ2v) is 6.81. The number of aryl methyl sites for hydroxylation is 1. The smallest absolute Gasteiger partial charge is 0.338 e. The number of carbonyl (C=O) groups is 2. The minimum atomic E-state index is -0.476. The summed E-state index contributed by atoms with van der Waals surface area (Å²) in [5.41, 5.74) is 3.15. The fourth-order valence-electron chi connectivity index (χ4n) is 3.02. The summed E-state index contributed by atoms with van der Waals surface area (Å²) < 4.78 is 4.96. The number of allylic oxidation sites excluding steroid dienone is 1. The van der Waals surface area contributed by atoms with Gasteiger partial charge in [0.1, 0.15) is 0 Å². The third-order valence-electron chi connectivity index (χ3n) is 4.32. The number of hydrogen-bond acceptors (Lipinski definition) is 5. The first-order valence-electron chi connectivity index (χ1n) is 7.98. The third-order valence-corrected chi connectivity index (χ3v) is 5.27. The molecule has 1 atom stereocenters. The molecule has 6 heteroatoms. The minimum Gasteiger partial charge on any atom is -0.466 e. The van der Waals surface area contributed by atoms with E-state index in [1.165, 1.54) is 12.7 Å². The lowest BCUT2D eigenvalue weighted by atomic mass is 9.93. The molecule has 24 heavy (non-hydrogen) atoms. The van der Waals surface area contributed by atoms with Gasteiger partial charge in [0, 0.05) is 12.2 Å². The summed E-state index contributed by atoms with van der Waals surface area (Å²) in [6, 6.07) is 7.56. The lowest BCUT2D eigenvalue weighted by Crippen LogP contribution is -2.45. The predicted molar refractivity (Wildman–Crippen MR) is 94.6 cm³/mol. The fourth-order valence-corrected chi connectivity index (χ4v) is 4.03. The van der Waals surface area contributed by atoms with Gasteiger partial charge in [0.2, 0.25) is 5.91 Å². The molecule has 1 amide bonds. The number of hydrogen-bond donors (Lipinski definition) is 0. The number of fused-ring (bicyclic) bond motifs is 1. The number of ether oxygens (including phenoxy) is 1. The van der Waals surface area contributed by atoms with Gasteiger partial charge in [-0.1, -0.05) is 43.0 Å². The average molecular weight is 344 g/mol. The zero-order valence-corrected chi connectivity index (χ0v) is 14.9. The van der Waals surface area contributed by atoms with E-state index in [1.807, 2.05) is 24.3 Å². The molecule has 2 heterocycles.